The normalized spacial score (nSPS) is 11.2. The first-order chi connectivity index (χ1) is 5.77. The summed E-state index contributed by atoms with van der Waals surface area (Å²) in [5, 5.41) is 8.64. The number of hydrogen-bond donors (Lipinski definition) is 0. The lowest BCUT2D eigenvalue weighted by atomic mass is 10.3. The maximum atomic E-state index is 4.32. The molecule has 3 heteroatoms. The minimum absolute atomic E-state index is 0.331. The molecule has 0 unspecified atom stereocenters. The molecule has 12 heavy (non-hydrogen) atoms. The molecule has 0 saturated carbocycles. The molecule has 3 nitrogen and oxygen atoms in total. The molecule has 0 aliphatic heterocycles. The van der Waals surface area contributed by atoms with Gasteiger partial charge >= 0.3 is 0 Å². The van der Waals surface area contributed by atoms with Gasteiger partial charge in [0.05, 0.1) is 6.04 Å². The van der Waals surface area contributed by atoms with E-state index in [4.69, 9.17) is 0 Å². The third-order valence-corrected chi connectivity index (χ3v) is 1.76. The fraction of sp³-hybridized carbons (Fsp3) is 0.333. The van der Waals surface area contributed by atoms with E-state index in [0.29, 0.717) is 6.04 Å². The van der Waals surface area contributed by atoms with Crippen molar-refractivity contribution in [3.8, 4) is 0 Å². The van der Waals surface area contributed by atoms with Crippen LogP contribution in [0, 0.1) is 0 Å². The molecule has 1 heterocycles. The largest absolute Gasteiger partial charge is 0.181 e. The third-order valence-electron chi connectivity index (χ3n) is 1.76. The molecule has 0 spiro atoms. The first kappa shape index (κ1) is 7.28. The van der Waals surface area contributed by atoms with Crippen LogP contribution in [0.25, 0.3) is 11.0 Å². The van der Waals surface area contributed by atoms with Crippen molar-refractivity contribution in [2.75, 3.05) is 0 Å². The van der Waals surface area contributed by atoms with Gasteiger partial charge in [0.25, 0.3) is 0 Å². The summed E-state index contributed by atoms with van der Waals surface area (Å²) in [5.74, 6) is 0. The lowest BCUT2D eigenvalue weighted by Gasteiger charge is -1.99. The third kappa shape index (κ3) is 1.07. The van der Waals surface area contributed by atoms with Crippen molar-refractivity contribution < 1.29 is 0 Å². The van der Waals surface area contributed by atoms with E-state index in [1.54, 1.807) is 4.80 Å². The molecule has 0 radical (unpaired) electrons. The van der Waals surface area contributed by atoms with Crippen molar-refractivity contribution in [1.82, 2.24) is 15.0 Å². The van der Waals surface area contributed by atoms with Gasteiger partial charge in [-0.25, -0.2) is 0 Å². The van der Waals surface area contributed by atoms with Crippen LogP contribution in [0.5, 0.6) is 0 Å². The quantitative estimate of drug-likeness (QED) is 0.640. The minimum Gasteiger partial charge on any atom is -0.181 e. The summed E-state index contributed by atoms with van der Waals surface area (Å²) in [6.07, 6.45) is 0. The summed E-state index contributed by atoms with van der Waals surface area (Å²) in [4.78, 5) is 1.74. The van der Waals surface area contributed by atoms with Gasteiger partial charge in [-0.05, 0) is 26.0 Å². The van der Waals surface area contributed by atoms with Gasteiger partial charge in [0.15, 0.2) is 0 Å². The van der Waals surface area contributed by atoms with Crippen molar-refractivity contribution in [1.29, 1.82) is 0 Å². The Morgan fingerprint density at radius 1 is 1.08 bits per heavy atom. The summed E-state index contributed by atoms with van der Waals surface area (Å²) >= 11 is 0. The molecule has 1 aromatic heterocycles. The van der Waals surface area contributed by atoms with Crippen molar-refractivity contribution >= 4 is 11.0 Å². The van der Waals surface area contributed by atoms with Crippen LogP contribution in [-0.2, 0) is 0 Å². The van der Waals surface area contributed by atoms with Crippen molar-refractivity contribution in [2.24, 2.45) is 0 Å². The van der Waals surface area contributed by atoms with Crippen LogP contribution in [0.15, 0.2) is 24.3 Å². The van der Waals surface area contributed by atoms with E-state index in [0.717, 1.165) is 11.0 Å². The second-order valence-corrected chi connectivity index (χ2v) is 3.10. The Bertz CT molecular complexity index is 356. The van der Waals surface area contributed by atoms with Crippen LogP contribution < -0.4 is 0 Å². The Balaban J connectivity index is 2.62. The number of benzene rings is 1. The van der Waals surface area contributed by atoms with Crippen LogP contribution in [0.1, 0.15) is 19.9 Å². The zero-order valence-electron chi connectivity index (χ0n) is 7.23. The van der Waals surface area contributed by atoms with E-state index >= 15 is 0 Å². The summed E-state index contributed by atoms with van der Waals surface area (Å²) in [7, 11) is 0. The molecule has 0 amide bonds. The minimum atomic E-state index is 0.331. The zero-order chi connectivity index (χ0) is 8.55. The lowest BCUT2D eigenvalue weighted by Crippen LogP contribution is -2.03. The van der Waals surface area contributed by atoms with Crippen molar-refractivity contribution in [3.05, 3.63) is 24.3 Å². The highest BCUT2D eigenvalue weighted by Crippen LogP contribution is 2.09. The standard InChI is InChI=1S/C9H11N3/c1-7(2)12-10-8-5-3-4-6-9(8)11-12/h3-7H,1-2H3. The van der Waals surface area contributed by atoms with E-state index in [2.05, 4.69) is 24.0 Å². The second-order valence-electron chi connectivity index (χ2n) is 3.10. The van der Waals surface area contributed by atoms with E-state index in [-0.39, 0.29) is 0 Å². The Hall–Kier alpha value is -1.38. The van der Waals surface area contributed by atoms with Crippen LogP contribution in [0.3, 0.4) is 0 Å². The van der Waals surface area contributed by atoms with Gasteiger partial charge in [-0.3, -0.25) is 0 Å². The molecular formula is C9H11N3. The highest BCUT2D eigenvalue weighted by atomic mass is 15.5. The Morgan fingerprint density at radius 3 is 2.00 bits per heavy atom. The first-order valence-electron chi connectivity index (χ1n) is 4.09. The smallest absolute Gasteiger partial charge is 0.113 e. The molecular weight excluding hydrogens is 150 g/mol. The molecule has 0 saturated heterocycles. The number of fused-ring (bicyclic) bond motifs is 1. The Kier molecular flexibility index (Phi) is 1.57. The van der Waals surface area contributed by atoms with Gasteiger partial charge in [-0.2, -0.15) is 15.0 Å². The maximum absolute atomic E-state index is 4.32. The van der Waals surface area contributed by atoms with Gasteiger partial charge in [0.2, 0.25) is 0 Å². The fourth-order valence-corrected chi connectivity index (χ4v) is 1.11. The summed E-state index contributed by atoms with van der Waals surface area (Å²) in [6.45, 7) is 4.14. The highest BCUT2D eigenvalue weighted by molar-refractivity contribution is 5.72. The number of hydrogen-bond acceptors (Lipinski definition) is 2. The Labute approximate surface area is 71.0 Å². The predicted octanol–water partition coefficient (Wildman–Crippen LogP) is 2.01. The fourth-order valence-electron chi connectivity index (χ4n) is 1.11. The van der Waals surface area contributed by atoms with E-state index < -0.39 is 0 Å². The highest BCUT2D eigenvalue weighted by Gasteiger charge is 2.02. The molecule has 0 bridgehead atoms. The van der Waals surface area contributed by atoms with Crippen molar-refractivity contribution in [3.63, 3.8) is 0 Å². The van der Waals surface area contributed by atoms with Gasteiger partial charge in [-0.15, -0.1) is 0 Å². The SMILES string of the molecule is CC(C)n1nc2ccccc2n1. The van der Waals surface area contributed by atoms with Gasteiger partial charge in [0.1, 0.15) is 11.0 Å². The van der Waals surface area contributed by atoms with E-state index in [9.17, 15) is 0 Å². The van der Waals surface area contributed by atoms with Crippen LogP contribution in [0.4, 0.5) is 0 Å². The monoisotopic (exact) mass is 161 g/mol. The number of aromatic nitrogens is 3. The predicted molar refractivity (Wildman–Crippen MR) is 47.9 cm³/mol. The van der Waals surface area contributed by atoms with E-state index in [1.165, 1.54) is 0 Å². The molecule has 0 aliphatic rings. The molecule has 62 valence electrons. The average molecular weight is 161 g/mol. The maximum Gasteiger partial charge on any atom is 0.113 e. The number of rotatable bonds is 1. The molecule has 0 N–H and O–H groups in total. The van der Waals surface area contributed by atoms with Crippen LogP contribution >= 0.6 is 0 Å². The number of nitrogens with zero attached hydrogens (tertiary/aromatic N) is 3. The van der Waals surface area contributed by atoms with Gasteiger partial charge in [-0.1, -0.05) is 12.1 Å². The molecule has 0 aliphatic carbocycles. The molecule has 0 fully saturated rings. The average Bonchev–Trinajstić information content (AvgIpc) is 2.46. The first-order valence-corrected chi connectivity index (χ1v) is 4.09. The zero-order valence-corrected chi connectivity index (χ0v) is 7.23. The topological polar surface area (TPSA) is 30.7 Å². The van der Waals surface area contributed by atoms with Crippen molar-refractivity contribution in [2.45, 2.75) is 19.9 Å². The summed E-state index contributed by atoms with van der Waals surface area (Å²) in [5.41, 5.74) is 1.93. The Morgan fingerprint density at radius 2 is 1.58 bits per heavy atom. The van der Waals surface area contributed by atoms with Gasteiger partial charge < -0.3 is 0 Å². The van der Waals surface area contributed by atoms with Gasteiger partial charge in [0, 0.05) is 0 Å². The molecule has 0 atom stereocenters. The van der Waals surface area contributed by atoms with Crippen LogP contribution in [0.2, 0.25) is 0 Å². The molecule has 1 aromatic carbocycles. The molecule has 2 rings (SSSR count). The summed E-state index contributed by atoms with van der Waals surface area (Å²) < 4.78 is 0. The molecule has 2 aromatic rings. The lowest BCUT2D eigenvalue weighted by molar-refractivity contribution is 0.472. The van der Waals surface area contributed by atoms with Crippen LogP contribution in [-0.4, -0.2) is 15.0 Å². The second kappa shape index (κ2) is 2.59. The van der Waals surface area contributed by atoms with E-state index in [1.807, 2.05) is 24.3 Å². The summed E-state index contributed by atoms with van der Waals surface area (Å²) in [6, 6.07) is 8.23.